The van der Waals surface area contributed by atoms with Crippen LogP contribution in [0.1, 0.15) is 20.7 Å². The van der Waals surface area contributed by atoms with Crippen LogP contribution in [0.3, 0.4) is 0 Å². The minimum atomic E-state index is -0.638. The Labute approximate surface area is 157 Å². The lowest BCUT2D eigenvalue weighted by molar-refractivity contribution is -0.125. The van der Waals surface area contributed by atoms with Crippen LogP contribution in [0.15, 0.2) is 57.9 Å². The molecule has 0 bridgehead atoms. The van der Waals surface area contributed by atoms with Crippen molar-refractivity contribution in [1.82, 2.24) is 10.9 Å². The molecule has 0 radical (unpaired) electrons. The number of carbonyl (C=O) groups is 3. The third-order valence-corrected chi connectivity index (χ3v) is 4.41. The summed E-state index contributed by atoms with van der Waals surface area (Å²) in [5, 5.41) is 0. The van der Waals surface area contributed by atoms with Gasteiger partial charge >= 0.3 is 5.97 Å². The Kier molecular flexibility index (Phi) is 7.03. The van der Waals surface area contributed by atoms with Crippen LogP contribution in [-0.4, -0.2) is 30.6 Å². The number of halogens is 1. The van der Waals surface area contributed by atoms with E-state index in [0.717, 1.165) is 9.37 Å². The monoisotopic (exact) mass is 422 g/mol. The van der Waals surface area contributed by atoms with Gasteiger partial charge in [0.1, 0.15) is 0 Å². The fourth-order valence-corrected chi connectivity index (χ4v) is 2.71. The molecular weight excluding hydrogens is 408 g/mol. The molecule has 8 heteroatoms. The largest absolute Gasteiger partial charge is 0.452 e. The molecule has 2 amide bonds. The number of nitrogens with one attached hydrogen (secondary N) is 2. The number of amides is 2. The molecule has 130 valence electrons. The normalized spacial score (nSPS) is 10.0. The lowest BCUT2D eigenvalue weighted by Gasteiger charge is -2.09. The average molecular weight is 423 g/mol. The van der Waals surface area contributed by atoms with Crippen LogP contribution < -0.4 is 10.9 Å². The molecule has 0 aliphatic rings. The van der Waals surface area contributed by atoms with Crippen molar-refractivity contribution in [3.63, 3.8) is 0 Å². The number of benzene rings is 2. The topological polar surface area (TPSA) is 84.5 Å². The summed E-state index contributed by atoms with van der Waals surface area (Å²) in [6, 6.07) is 13.6. The van der Waals surface area contributed by atoms with E-state index in [1.54, 1.807) is 42.5 Å². The van der Waals surface area contributed by atoms with E-state index in [-0.39, 0.29) is 0 Å². The fraction of sp³-hybridized carbons (Fsp3) is 0.118. The molecule has 0 atom stereocenters. The van der Waals surface area contributed by atoms with Gasteiger partial charge in [-0.05, 0) is 42.7 Å². The molecule has 0 saturated heterocycles. The second kappa shape index (κ2) is 9.24. The van der Waals surface area contributed by atoms with Gasteiger partial charge in [-0.2, -0.15) is 0 Å². The summed E-state index contributed by atoms with van der Waals surface area (Å²) in [6.07, 6.45) is 1.84. The number of hydrazine groups is 1. The maximum absolute atomic E-state index is 12.0. The van der Waals surface area contributed by atoms with Crippen molar-refractivity contribution >= 4 is 45.5 Å². The first-order chi connectivity index (χ1) is 12.0. The highest BCUT2D eigenvalue weighted by atomic mass is 79.9. The van der Waals surface area contributed by atoms with Gasteiger partial charge in [-0.3, -0.25) is 20.4 Å². The molecule has 0 unspecified atom stereocenters. The van der Waals surface area contributed by atoms with E-state index in [1.807, 2.05) is 12.3 Å². The first-order valence-electron chi connectivity index (χ1n) is 7.16. The van der Waals surface area contributed by atoms with Crippen molar-refractivity contribution in [2.75, 3.05) is 12.9 Å². The van der Waals surface area contributed by atoms with Gasteiger partial charge in [0.25, 0.3) is 11.8 Å². The van der Waals surface area contributed by atoms with Crippen molar-refractivity contribution in [2.45, 2.75) is 4.90 Å². The summed E-state index contributed by atoms with van der Waals surface area (Å²) >= 11 is 4.68. The van der Waals surface area contributed by atoms with Crippen LogP contribution in [0.25, 0.3) is 0 Å². The summed E-state index contributed by atoms with van der Waals surface area (Å²) < 4.78 is 5.80. The minimum absolute atomic E-state index is 0.384. The van der Waals surface area contributed by atoms with Crippen molar-refractivity contribution in [1.29, 1.82) is 0 Å². The molecule has 2 aromatic rings. The van der Waals surface area contributed by atoms with Gasteiger partial charge in [0.05, 0.1) is 5.56 Å². The molecule has 2 N–H and O–H groups in total. The smallest absolute Gasteiger partial charge is 0.339 e. The lowest BCUT2D eigenvalue weighted by Crippen LogP contribution is -2.43. The van der Waals surface area contributed by atoms with Gasteiger partial charge < -0.3 is 4.74 Å². The van der Waals surface area contributed by atoms with Crippen LogP contribution in [0.2, 0.25) is 0 Å². The summed E-state index contributed by atoms with van der Waals surface area (Å²) in [5.41, 5.74) is 5.23. The van der Waals surface area contributed by atoms with E-state index in [9.17, 15) is 14.4 Å². The molecule has 0 heterocycles. The summed E-state index contributed by atoms with van der Waals surface area (Å²) in [4.78, 5) is 36.3. The molecule has 0 saturated carbocycles. The highest BCUT2D eigenvalue weighted by Crippen LogP contribution is 2.20. The van der Waals surface area contributed by atoms with Gasteiger partial charge in [0, 0.05) is 14.9 Å². The maximum Gasteiger partial charge on any atom is 0.339 e. The molecule has 2 aromatic carbocycles. The van der Waals surface area contributed by atoms with E-state index in [2.05, 4.69) is 26.8 Å². The zero-order valence-electron chi connectivity index (χ0n) is 13.2. The van der Waals surface area contributed by atoms with Crippen molar-refractivity contribution < 1.29 is 19.1 Å². The Hall–Kier alpha value is -2.32. The van der Waals surface area contributed by atoms with E-state index >= 15 is 0 Å². The molecule has 25 heavy (non-hydrogen) atoms. The second-order valence-corrected chi connectivity index (χ2v) is 6.55. The van der Waals surface area contributed by atoms with Crippen LogP contribution >= 0.6 is 27.7 Å². The predicted octanol–water partition coefficient (Wildman–Crippen LogP) is 2.79. The molecule has 6 nitrogen and oxygen atoms in total. The van der Waals surface area contributed by atoms with E-state index < -0.39 is 24.4 Å². The molecule has 0 spiro atoms. The van der Waals surface area contributed by atoms with Gasteiger partial charge in [-0.25, -0.2) is 4.79 Å². The second-order valence-electron chi connectivity index (χ2n) is 4.79. The number of hydrogen-bond acceptors (Lipinski definition) is 5. The van der Waals surface area contributed by atoms with Crippen LogP contribution in [0.4, 0.5) is 0 Å². The predicted molar refractivity (Wildman–Crippen MR) is 98.3 cm³/mol. The fourth-order valence-electron chi connectivity index (χ4n) is 1.86. The highest BCUT2D eigenvalue weighted by Gasteiger charge is 2.14. The van der Waals surface area contributed by atoms with E-state index in [0.29, 0.717) is 11.1 Å². The number of esters is 1. The van der Waals surface area contributed by atoms with E-state index in [4.69, 9.17) is 4.74 Å². The standard InChI is InChI=1S/C17H15BrN2O4S/c1-25-14-5-3-2-4-13(14)17(23)24-10-15(21)19-20-16(22)11-6-8-12(18)9-7-11/h2-9H,10H2,1H3,(H,19,21)(H,20,22). The van der Waals surface area contributed by atoms with Crippen molar-refractivity contribution in [3.8, 4) is 0 Å². The van der Waals surface area contributed by atoms with Crippen LogP contribution in [-0.2, 0) is 9.53 Å². The zero-order valence-corrected chi connectivity index (χ0v) is 15.6. The zero-order chi connectivity index (χ0) is 18.2. The molecule has 0 aromatic heterocycles. The maximum atomic E-state index is 12.0. The van der Waals surface area contributed by atoms with Crippen LogP contribution in [0, 0.1) is 0 Å². The summed E-state index contributed by atoms with van der Waals surface area (Å²) in [5.74, 6) is -1.71. The average Bonchev–Trinajstić information content (AvgIpc) is 2.64. The SMILES string of the molecule is CSc1ccccc1C(=O)OCC(=O)NNC(=O)c1ccc(Br)cc1. The first-order valence-corrected chi connectivity index (χ1v) is 9.18. The van der Waals surface area contributed by atoms with Gasteiger partial charge in [0.2, 0.25) is 0 Å². The number of thioether (sulfide) groups is 1. The van der Waals surface area contributed by atoms with E-state index in [1.165, 1.54) is 11.8 Å². The summed E-state index contributed by atoms with van der Waals surface area (Å²) in [6.45, 7) is -0.498. The molecule has 0 fully saturated rings. The molecular formula is C17H15BrN2O4S. The van der Waals surface area contributed by atoms with Crippen molar-refractivity contribution in [2.24, 2.45) is 0 Å². The number of rotatable bonds is 5. The number of carbonyl (C=O) groups excluding carboxylic acids is 3. The molecule has 0 aliphatic carbocycles. The Bertz CT molecular complexity index is 780. The third kappa shape index (κ3) is 5.61. The van der Waals surface area contributed by atoms with Gasteiger partial charge in [0.15, 0.2) is 6.61 Å². The van der Waals surface area contributed by atoms with Gasteiger partial charge in [-0.15, -0.1) is 11.8 Å². The molecule has 2 rings (SSSR count). The minimum Gasteiger partial charge on any atom is -0.452 e. The van der Waals surface area contributed by atoms with Crippen LogP contribution in [0.5, 0.6) is 0 Å². The Morgan fingerprint density at radius 2 is 1.72 bits per heavy atom. The number of ether oxygens (including phenoxy) is 1. The quantitative estimate of drug-likeness (QED) is 0.439. The Morgan fingerprint density at radius 1 is 1.04 bits per heavy atom. The molecule has 0 aliphatic heterocycles. The Balaban J connectivity index is 1.81. The summed E-state index contributed by atoms with van der Waals surface area (Å²) in [7, 11) is 0. The number of hydrogen-bond donors (Lipinski definition) is 2. The van der Waals surface area contributed by atoms with Gasteiger partial charge in [-0.1, -0.05) is 28.1 Å². The van der Waals surface area contributed by atoms with Crippen molar-refractivity contribution in [3.05, 3.63) is 64.1 Å². The first kappa shape index (κ1) is 19.0. The third-order valence-electron chi connectivity index (χ3n) is 3.08. The lowest BCUT2D eigenvalue weighted by atomic mass is 10.2. The highest BCUT2D eigenvalue weighted by molar-refractivity contribution is 9.10. The Morgan fingerprint density at radius 3 is 2.40 bits per heavy atom.